The molecule has 27 heavy (non-hydrogen) atoms. The van der Waals surface area contributed by atoms with Gasteiger partial charge in [-0.15, -0.1) is 0 Å². The summed E-state index contributed by atoms with van der Waals surface area (Å²) in [6, 6.07) is 23.4. The number of para-hydroxylation sites is 1. The maximum atomic E-state index is 13.8. The topological polar surface area (TPSA) is 55.4 Å². The molecule has 0 saturated carbocycles. The molecule has 0 heterocycles. The van der Waals surface area contributed by atoms with E-state index in [1.165, 1.54) is 12.1 Å². The summed E-state index contributed by atoms with van der Waals surface area (Å²) >= 11 is 0. The van der Waals surface area contributed by atoms with Crippen molar-refractivity contribution in [3.8, 4) is 5.75 Å². The van der Waals surface area contributed by atoms with Gasteiger partial charge in [-0.25, -0.2) is 17.5 Å². The molecule has 4 nitrogen and oxygen atoms in total. The fourth-order valence-corrected chi connectivity index (χ4v) is 4.02. The Morgan fingerprint density at radius 3 is 2.11 bits per heavy atom. The summed E-state index contributed by atoms with van der Waals surface area (Å²) in [5, 5.41) is 0. The number of benzene rings is 3. The van der Waals surface area contributed by atoms with Crippen molar-refractivity contribution in [3.63, 3.8) is 0 Å². The van der Waals surface area contributed by atoms with Gasteiger partial charge in [0.15, 0.2) is 11.6 Å². The first-order valence-electron chi connectivity index (χ1n) is 8.50. The van der Waals surface area contributed by atoms with Crippen molar-refractivity contribution in [2.75, 3.05) is 6.61 Å². The summed E-state index contributed by atoms with van der Waals surface area (Å²) in [6.45, 7) is -0.0288. The number of sulfonamides is 1. The first-order chi connectivity index (χ1) is 13.0. The van der Waals surface area contributed by atoms with Gasteiger partial charge in [0, 0.05) is 0 Å². The van der Waals surface area contributed by atoms with E-state index < -0.39 is 21.9 Å². The molecule has 3 aromatic rings. The van der Waals surface area contributed by atoms with Crippen molar-refractivity contribution in [1.29, 1.82) is 0 Å². The van der Waals surface area contributed by atoms with E-state index in [1.807, 2.05) is 24.3 Å². The zero-order valence-electron chi connectivity index (χ0n) is 14.6. The van der Waals surface area contributed by atoms with Crippen molar-refractivity contribution in [2.45, 2.75) is 11.8 Å². The van der Waals surface area contributed by atoms with E-state index in [4.69, 9.17) is 4.74 Å². The molecule has 0 radical (unpaired) electrons. The molecule has 0 bridgehead atoms. The number of hydrogen-bond donors (Lipinski definition) is 1. The first-order valence-corrected chi connectivity index (χ1v) is 10.1. The second kappa shape index (κ2) is 8.79. The Labute approximate surface area is 158 Å². The van der Waals surface area contributed by atoms with E-state index in [9.17, 15) is 12.8 Å². The van der Waals surface area contributed by atoms with Crippen LogP contribution in [0, 0.1) is 5.82 Å². The highest BCUT2D eigenvalue weighted by atomic mass is 32.2. The standard InChI is InChI=1S/C21H20FNO3S/c22-19-13-7-8-14-21(19)26-15-20(18-11-5-2-6-12-18)23-27(24,25)16-17-9-3-1-4-10-17/h1-14,20,23H,15-16H2/t20-/m1/s1. The molecular formula is C21H20FNO3S. The molecule has 0 aliphatic carbocycles. The van der Waals surface area contributed by atoms with Crippen LogP contribution in [0.5, 0.6) is 5.75 Å². The van der Waals surface area contributed by atoms with Crippen LogP contribution in [-0.2, 0) is 15.8 Å². The van der Waals surface area contributed by atoms with E-state index in [1.54, 1.807) is 48.5 Å². The molecule has 0 spiro atoms. The van der Waals surface area contributed by atoms with Crippen LogP contribution < -0.4 is 9.46 Å². The van der Waals surface area contributed by atoms with Crippen LogP contribution in [0.25, 0.3) is 0 Å². The molecule has 0 amide bonds. The fraction of sp³-hybridized carbons (Fsp3) is 0.143. The molecule has 0 aliphatic heterocycles. The molecule has 3 aromatic carbocycles. The van der Waals surface area contributed by atoms with Crippen molar-refractivity contribution in [1.82, 2.24) is 4.72 Å². The van der Waals surface area contributed by atoms with Crippen LogP contribution in [0.2, 0.25) is 0 Å². The smallest absolute Gasteiger partial charge is 0.216 e. The molecule has 3 rings (SSSR count). The minimum absolute atomic E-state index is 0.0288. The van der Waals surface area contributed by atoms with Gasteiger partial charge < -0.3 is 4.74 Å². The van der Waals surface area contributed by atoms with Crippen molar-refractivity contribution >= 4 is 10.0 Å². The molecule has 6 heteroatoms. The van der Waals surface area contributed by atoms with E-state index in [0.717, 1.165) is 5.56 Å². The minimum atomic E-state index is -3.62. The largest absolute Gasteiger partial charge is 0.488 e. The van der Waals surface area contributed by atoms with Gasteiger partial charge in [-0.2, -0.15) is 0 Å². The molecular weight excluding hydrogens is 365 g/mol. The summed E-state index contributed by atoms with van der Waals surface area (Å²) in [6.07, 6.45) is 0. The van der Waals surface area contributed by atoms with Gasteiger partial charge in [-0.1, -0.05) is 72.8 Å². The summed E-state index contributed by atoms with van der Waals surface area (Å²) < 4.78 is 47.3. The maximum Gasteiger partial charge on any atom is 0.216 e. The number of hydrogen-bond acceptors (Lipinski definition) is 3. The van der Waals surface area contributed by atoms with Gasteiger partial charge in [-0.3, -0.25) is 0 Å². The first kappa shape index (κ1) is 19.1. The predicted octanol–water partition coefficient (Wildman–Crippen LogP) is 4.07. The van der Waals surface area contributed by atoms with Crippen molar-refractivity contribution < 1.29 is 17.5 Å². The third-order valence-corrected chi connectivity index (χ3v) is 5.32. The quantitative estimate of drug-likeness (QED) is 0.636. The monoisotopic (exact) mass is 385 g/mol. The maximum absolute atomic E-state index is 13.8. The average Bonchev–Trinajstić information content (AvgIpc) is 2.67. The lowest BCUT2D eigenvalue weighted by Crippen LogP contribution is -2.33. The lowest BCUT2D eigenvalue weighted by molar-refractivity contribution is 0.269. The molecule has 0 saturated heterocycles. The molecule has 0 unspecified atom stereocenters. The van der Waals surface area contributed by atoms with Crippen molar-refractivity contribution in [3.05, 3.63) is 102 Å². The van der Waals surface area contributed by atoms with Gasteiger partial charge in [0.25, 0.3) is 0 Å². The Bertz CT molecular complexity index is 963. The van der Waals surface area contributed by atoms with E-state index in [2.05, 4.69) is 4.72 Å². The summed E-state index contributed by atoms with van der Waals surface area (Å²) in [7, 11) is -3.62. The van der Waals surface area contributed by atoms with Crippen LogP contribution in [0.1, 0.15) is 17.2 Å². The highest BCUT2D eigenvalue weighted by Crippen LogP contribution is 2.20. The summed E-state index contributed by atoms with van der Waals surface area (Å²) in [4.78, 5) is 0. The highest BCUT2D eigenvalue weighted by Gasteiger charge is 2.21. The van der Waals surface area contributed by atoms with E-state index in [-0.39, 0.29) is 18.1 Å². The second-order valence-electron chi connectivity index (χ2n) is 6.07. The normalized spacial score (nSPS) is 12.5. The molecule has 1 N–H and O–H groups in total. The zero-order valence-corrected chi connectivity index (χ0v) is 15.4. The van der Waals surface area contributed by atoms with Crippen LogP contribution >= 0.6 is 0 Å². The lowest BCUT2D eigenvalue weighted by atomic mass is 10.1. The zero-order chi connectivity index (χ0) is 19.1. The van der Waals surface area contributed by atoms with Crippen LogP contribution in [0.3, 0.4) is 0 Å². The van der Waals surface area contributed by atoms with E-state index in [0.29, 0.717) is 5.56 Å². The Hall–Kier alpha value is -2.70. The molecule has 1 atom stereocenters. The van der Waals surface area contributed by atoms with Crippen LogP contribution in [-0.4, -0.2) is 15.0 Å². The lowest BCUT2D eigenvalue weighted by Gasteiger charge is -2.20. The van der Waals surface area contributed by atoms with Gasteiger partial charge >= 0.3 is 0 Å². The second-order valence-corrected chi connectivity index (χ2v) is 7.82. The van der Waals surface area contributed by atoms with Gasteiger partial charge in [0.05, 0.1) is 11.8 Å². The van der Waals surface area contributed by atoms with Gasteiger partial charge in [0.1, 0.15) is 6.61 Å². The number of nitrogens with one attached hydrogen (secondary N) is 1. The number of ether oxygens (including phenoxy) is 1. The van der Waals surface area contributed by atoms with Crippen LogP contribution in [0.4, 0.5) is 4.39 Å². The highest BCUT2D eigenvalue weighted by molar-refractivity contribution is 7.88. The number of halogens is 1. The predicted molar refractivity (Wildman–Crippen MR) is 103 cm³/mol. The van der Waals surface area contributed by atoms with E-state index >= 15 is 0 Å². The molecule has 0 fully saturated rings. The Kier molecular flexibility index (Phi) is 6.21. The Morgan fingerprint density at radius 1 is 0.852 bits per heavy atom. The van der Waals surface area contributed by atoms with Crippen LogP contribution in [0.15, 0.2) is 84.9 Å². The molecule has 0 aliphatic rings. The van der Waals surface area contributed by atoms with Gasteiger partial charge in [-0.05, 0) is 23.3 Å². The summed E-state index contributed by atoms with van der Waals surface area (Å²) in [5.41, 5.74) is 1.43. The SMILES string of the molecule is O=S(=O)(Cc1ccccc1)N[C@H](COc1ccccc1F)c1ccccc1. The van der Waals surface area contributed by atoms with Gasteiger partial charge in [0.2, 0.25) is 10.0 Å². The third-order valence-electron chi connectivity index (χ3n) is 3.97. The minimum Gasteiger partial charge on any atom is -0.488 e. The van der Waals surface area contributed by atoms with Crippen molar-refractivity contribution in [2.24, 2.45) is 0 Å². The Morgan fingerprint density at radius 2 is 1.44 bits per heavy atom. The Balaban J connectivity index is 1.77. The fourth-order valence-electron chi connectivity index (χ4n) is 2.67. The molecule has 140 valence electrons. The number of rotatable bonds is 8. The summed E-state index contributed by atoms with van der Waals surface area (Å²) in [5.74, 6) is -0.547. The third kappa shape index (κ3) is 5.64. The average molecular weight is 385 g/mol. The molecule has 0 aromatic heterocycles.